The molecule has 0 atom stereocenters. The van der Waals surface area contributed by atoms with Gasteiger partial charge in [0, 0.05) is 13.0 Å². The van der Waals surface area contributed by atoms with Gasteiger partial charge in [-0.1, -0.05) is 6.42 Å². The van der Waals surface area contributed by atoms with Crippen molar-refractivity contribution in [1.82, 2.24) is 0 Å². The summed E-state index contributed by atoms with van der Waals surface area (Å²) in [6.45, 7) is 0. The molecule has 0 aliphatic heterocycles. The molecule has 1 aliphatic carbocycles. The lowest BCUT2D eigenvalue weighted by atomic mass is 9.85. The first kappa shape index (κ1) is 6.59. The minimum Gasteiger partial charge on any atom is -0.484 e. The number of hydrogen-bond donors (Lipinski definition) is 0. The van der Waals surface area contributed by atoms with E-state index in [1.54, 1.807) is 14.2 Å². The van der Waals surface area contributed by atoms with E-state index in [9.17, 15) is 0 Å². The lowest BCUT2D eigenvalue weighted by Gasteiger charge is -2.25. The van der Waals surface area contributed by atoms with E-state index >= 15 is 0 Å². The second-order valence-electron chi connectivity index (χ2n) is 2.39. The van der Waals surface area contributed by atoms with E-state index < -0.39 is 0 Å². The minimum absolute atomic E-state index is 0.639. The molecule has 0 unspecified atom stereocenters. The molecule has 0 N–H and O–H groups in total. The van der Waals surface area contributed by atoms with Gasteiger partial charge in [-0.2, -0.15) is 0 Å². The van der Waals surface area contributed by atoms with Gasteiger partial charge in [0.15, 0.2) is 5.90 Å². The van der Waals surface area contributed by atoms with Gasteiger partial charge in [0.25, 0.3) is 0 Å². The van der Waals surface area contributed by atoms with Gasteiger partial charge in [-0.3, -0.25) is 4.99 Å². The van der Waals surface area contributed by atoms with Crippen LogP contribution in [0.4, 0.5) is 0 Å². The van der Waals surface area contributed by atoms with Crippen molar-refractivity contribution in [3.63, 3.8) is 0 Å². The second-order valence-corrected chi connectivity index (χ2v) is 2.39. The molecule has 0 spiro atoms. The lowest BCUT2D eigenvalue weighted by molar-refractivity contribution is 0.305. The lowest BCUT2D eigenvalue weighted by Crippen LogP contribution is -2.23. The first-order valence-electron chi connectivity index (χ1n) is 3.39. The Bertz CT molecular complexity index is 116. The van der Waals surface area contributed by atoms with Crippen LogP contribution in [0.1, 0.15) is 19.3 Å². The Kier molecular flexibility index (Phi) is 2.09. The standard InChI is InChI=1S/C7H13NO/c1-8-7(9-2)6-4-3-5-6/h6H,3-5H2,1-2H3. The largest absolute Gasteiger partial charge is 0.484 e. The maximum atomic E-state index is 5.05. The Labute approximate surface area is 55.9 Å². The van der Waals surface area contributed by atoms with Gasteiger partial charge in [0.2, 0.25) is 0 Å². The monoisotopic (exact) mass is 127 g/mol. The van der Waals surface area contributed by atoms with Crippen LogP contribution in [0.2, 0.25) is 0 Å². The molecular formula is C7H13NO. The Morgan fingerprint density at radius 3 is 2.33 bits per heavy atom. The molecule has 1 saturated carbocycles. The van der Waals surface area contributed by atoms with Crippen molar-refractivity contribution < 1.29 is 4.74 Å². The summed E-state index contributed by atoms with van der Waals surface area (Å²) in [5, 5.41) is 0. The number of methoxy groups -OCH3 is 1. The van der Waals surface area contributed by atoms with Crippen LogP contribution in [-0.4, -0.2) is 20.1 Å². The Hall–Kier alpha value is -0.530. The molecule has 52 valence electrons. The molecule has 1 rings (SSSR count). The molecule has 1 aliphatic rings. The van der Waals surface area contributed by atoms with E-state index in [1.165, 1.54) is 19.3 Å². The topological polar surface area (TPSA) is 21.6 Å². The van der Waals surface area contributed by atoms with E-state index in [-0.39, 0.29) is 0 Å². The summed E-state index contributed by atoms with van der Waals surface area (Å²) in [5.41, 5.74) is 0. The highest BCUT2D eigenvalue weighted by Crippen LogP contribution is 2.27. The van der Waals surface area contributed by atoms with Gasteiger partial charge < -0.3 is 4.74 Å². The Morgan fingerprint density at radius 2 is 2.22 bits per heavy atom. The summed E-state index contributed by atoms with van der Waals surface area (Å²) in [5.74, 6) is 1.57. The summed E-state index contributed by atoms with van der Waals surface area (Å²) >= 11 is 0. The van der Waals surface area contributed by atoms with Crippen LogP contribution < -0.4 is 0 Å². The second kappa shape index (κ2) is 2.85. The first-order chi connectivity index (χ1) is 4.38. The van der Waals surface area contributed by atoms with Crippen LogP contribution >= 0.6 is 0 Å². The average molecular weight is 127 g/mol. The van der Waals surface area contributed by atoms with Crippen molar-refractivity contribution in [3.05, 3.63) is 0 Å². The molecule has 0 aromatic carbocycles. The minimum atomic E-state index is 0.639. The van der Waals surface area contributed by atoms with Crippen LogP contribution in [0.25, 0.3) is 0 Å². The molecule has 2 nitrogen and oxygen atoms in total. The smallest absolute Gasteiger partial charge is 0.185 e. The predicted molar refractivity (Wildman–Crippen MR) is 37.7 cm³/mol. The molecule has 0 heterocycles. The van der Waals surface area contributed by atoms with Gasteiger partial charge in [0.05, 0.1) is 7.11 Å². The summed E-state index contributed by atoms with van der Waals surface area (Å²) < 4.78 is 5.05. The fraction of sp³-hybridized carbons (Fsp3) is 0.857. The fourth-order valence-corrected chi connectivity index (χ4v) is 1.10. The predicted octanol–water partition coefficient (Wildman–Crippen LogP) is 1.46. The summed E-state index contributed by atoms with van der Waals surface area (Å²) in [6, 6.07) is 0. The quantitative estimate of drug-likeness (QED) is 0.386. The van der Waals surface area contributed by atoms with Crippen LogP contribution in [0.15, 0.2) is 4.99 Å². The van der Waals surface area contributed by atoms with E-state index in [0.29, 0.717) is 5.92 Å². The third-order valence-electron chi connectivity index (χ3n) is 1.88. The zero-order chi connectivity index (χ0) is 6.69. The highest BCUT2D eigenvalue weighted by Gasteiger charge is 2.23. The van der Waals surface area contributed by atoms with Gasteiger partial charge >= 0.3 is 0 Å². The molecular weight excluding hydrogens is 114 g/mol. The van der Waals surface area contributed by atoms with Crippen molar-refractivity contribution in [2.45, 2.75) is 19.3 Å². The normalized spacial score (nSPS) is 21.3. The fourth-order valence-electron chi connectivity index (χ4n) is 1.10. The number of rotatable bonds is 1. The number of nitrogens with zero attached hydrogens (tertiary/aromatic N) is 1. The summed E-state index contributed by atoms with van der Waals surface area (Å²) in [7, 11) is 3.48. The molecule has 0 amide bonds. The number of hydrogen-bond acceptors (Lipinski definition) is 2. The van der Waals surface area contributed by atoms with Gasteiger partial charge in [-0.25, -0.2) is 0 Å². The summed E-state index contributed by atoms with van der Waals surface area (Å²) in [4.78, 5) is 4.02. The molecule has 1 fully saturated rings. The van der Waals surface area contributed by atoms with Crippen LogP contribution in [0, 0.1) is 5.92 Å². The van der Waals surface area contributed by atoms with Crippen LogP contribution in [-0.2, 0) is 4.74 Å². The molecule has 0 bridgehead atoms. The van der Waals surface area contributed by atoms with Crippen molar-refractivity contribution in [3.8, 4) is 0 Å². The molecule has 0 radical (unpaired) electrons. The van der Waals surface area contributed by atoms with Gasteiger partial charge in [-0.15, -0.1) is 0 Å². The molecule has 0 aromatic rings. The molecule has 0 saturated heterocycles. The highest BCUT2D eigenvalue weighted by molar-refractivity contribution is 5.79. The maximum absolute atomic E-state index is 5.05. The first-order valence-corrected chi connectivity index (χ1v) is 3.39. The zero-order valence-corrected chi connectivity index (χ0v) is 6.05. The molecule has 2 heteroatoms. The van der Waals surface area contributed by atoms with Gasteiger partial charge in [-0.05, 0) is 12.8 Å². The van der Waals surface area contributed by atoms with E-state index in [4.69, 9.17) is 4.74 Å². The van der Waals surface area contributed by atoms with Crippen molar-refractivity contribution >= 4 is 5.90 Å². The Balaban J connectivity index is 2.37. The molecule has 9 heavy (non-hydrogen) atoms. The van der Waals surface area contributed by atoms with E-state index in [1.807, 2.05) is 0 Å². The SMILES string of the molecule is CN=C(OC)C1CCC1. The third kappa shape index (κ3) is 1.23. The van der Waals surface area contributed by atoms with E-state index in [0.717, 1.165) is 5.90 Å². The number of ether oxygens (including phenoxy) is 1. The zero-order valence-electron chi connectivity index (χ0n) is 6.05. The highest BCUT2D eigenvalue weighted by atomic mass is 16.5. The van der Waals surface area contributed by atoms with Gasteiger partial charge in [0.1, 0.15) is 0 Å². The van der Waals surface area contributed by atoms with Crippen molar-refractivity contribution in [2.75, 3.05) is 14.2 Å². The number of aliphatic imine (C=N–C) groups is 1. The molecule has 0 aromatic heterocycles. The van der Waals surface area contributed by atoms with Crippen molar-refractivity contribution in [1.29, 1.82) is 0 Å². The maximum Gasteiger partial charge on any atom is 0.185 e. The van der Waals surface area contributed by atoms with Crippen LogP contribution in [0.5, 0.6) is 0 Å². The van der Waals surface area contributed by atoms with Crippen LogP contribution in [0.3, 0.4) is 0 Å². The third-order valence-corrected chi connectivity index (χ3v) is 1.88. The Morgan fingerprint density at radius 1 is 1.56 bits per heavy atom. The van der Waals surface area contributed by atoms with Crippen molar-refractivity contribution in [2.24, 2.45) is 10.9 Å². The van der Waals surface area contributed by atoms with E-state index in [2.05, 4.69) is 4.99 Å². The summed E-state index contributed by atoms with van der Waals surface area (Å²) in [6.07, 6.45) is 3.87. The average Bonchev–Trinajstić information content (AvgIpc) is 1.78.